The van der Waals surface area contributed by atoms with Crippen LogP contribution in [-0.4, -0.2) is 18.9 Å². The Labute approximate surface area is 113 Å². The van der Waals surface area contributed by atoms with Crippen LogP contribution in [0.2, 0.25) is 0 Å². The SMILES string of the molecule is COC(=O)c1ccc(C(F)(F)F)c(C(=O)C2CC2)c1C. The van der Waals surface area contributed by atoms with Crippen molar-refractivity contribution in [1.82, 2.24) is 0 Å². The Morgan fingerprint density at radius 1 is 1.25 bits per heavy atom. The zero-order chi connectivity index (χ0) is 15.1. The van der Waals surface area contributed by atoms with E-state index in [0.29, 0.717) is 12.8 Å². The predicted molar refractivity (Wildman–Crippen MR) is 64.6 cm³/mol. The van der Waals surface area contributed by atoms with E-state index in [0.717, 1.165) is 19.2 Å². The van der Waals surface area contributed by atoms with Crippen LogP contribution in [0.5, 0.6) is 0 Å². The highest BCUT2D eigenvalue weighted by Gasteiger charge is 2.41. The highest BCUT2D eigenvalue weighted by atomic mass is 19.4. The number of benzene rings is 1. The largest absolute Gasteiger partial charge is 0.465 e. The summed E-state index contributed by atoms with van der Waals surface area (Å²) >= 11 is 0. The average molecular weight is 286 g/mol. The fourth-order valence-electron chi connectivity index (χ4n) is 2.15. The van der Waals surface area contributed by atoms with Gasteiger partial charge in [-0.25, -0.2) is 4.79 Å². The molecule has 0 aromatic heterocycles. The molecule has 0 bridgehead atoms. The lowest BCUT2D eigenvalue weighted by Crippen LogP contribution is -2.18. The average Bonchev–Trinajstić information content (AvgIpc) is 3.19. The number of ether oxygens (including phenoxy) is 1. The number of esters is 1. The molecule has 20 heavy (non-hydrogen) atoms. The van der Waals surface area contributed by atoms with Gasteiger partial charge in [-0.3, -0.25) is 4.79 Å². The molecule has 1 aromatic carbocycles. The van der Waals surface area contributed by atoms with Crippen LogP contribution >= 0.6 is 0 Å². The van der Waals surface area contributed by atoms with Gasteiger partial charge in [-0.1, -0.05) is 0 Å². The van der Waals surface area contributed by atoms with Gasteiger partial charge in [0.05, 0.1) is 18.2 Å². The van der Waals surface area contributed by atoms with Crippen molar-refractivity contribution in [2.24, 2.45) is 5.92 Å². The highest BCUT2D eigenvalue weighted by Crippen LogP contribution is 2.40. The number of carbonyl (C=O) groups is 2. The maximum atomic E-state index is 13.0. The van der Waals surface area contributed by atoms with E-state index in [1.165, 1.54) is 6.92 Å². The van der Waals surface area contributed by atoms with Crippen molar-refractivity contribution in [3.63, 3.8) is 0 Å². The van der Waals surface area contributed by atoms with Gasteiger partial charge in [-0.15, -0.1) is 0 Å². The number of rotatable bonds is 3. The van der Waals surface area contributed by atoms with Gasteiger partial charge in [-0.2, -0.15) is 13.2 Å². The van der Waals surface area contributed by atoms with Crippen LogP contribution in [0, 0.1) is 12.8 Å². The fraction of sp³-hybridized carbons (Fsp3) is 0.429. The zero-order valence-corrected chi connectivity index (χ0v) is 11.0. The molecule has 1 aliphatic rings. The summed E-state index contributed by atoms with van der Waals surface area (Å²) in [5.74, 6) is -1.65. The van der Waals surface area contributed by atoms with Gasteiger partial charge in [0.25, 0.3) is 0 Å². The van der Waals surface area contributed by atoms with Crippen LogP contribution in [0.1, 0.15) is 44.7 Å². The summed E-state index contributed by atoms with van der Waals surface area (Å²) in [6.07, 6.45) is -3.44. The van der Waals surface area contributed by atoms with E-state index in [1.807, 2.05) is 0 Å². The first-order chi connectivity index (χ1) is 9.27. The summed E-state index contributed by atoms with van der Waals surface area (Å²) in [6, 6.07) is 1.82. The van der Waals surface area contributed by atoms with E-state index in [9.17, 15) is 22.8 Å². The second-order valence-electron chi connectivity index (χ2n) is 4.79. The van der Waals surface area contributed by atoms with Gasteiger partial charge >= 0.3 is 12.1 Å². The van der Waals surface area contributed by atoms with Crippen molar-refractivity contribution in [3.05, 3.63) is 34.4 Å². The molecule has 0 amide bonds. The summed E-state index contributed by atoms with van der Waals surface area (Å²) in [7, 11) is 1.14. The minimum Gasteiger partial charge on any atom is -0.465 e. The molecule has 3 nitrogen and oxygen atoms in total. The van der Waals surface area contributed by atoms with Crippen molar-refractivity contribution in [2.75, 3.05) is 7.11 Å². The van der Waals surface area contributed by atoms with Crippen LogP contribution in [-0.2, 0) is 10.9 Å². The van der Waals surface area contributed by atoms with Crippen LogP contribution < -0.4 is 0 Å². The summed E-state index contributed by atoms with van der Waals surface area (Å²) in [5, 5.41) is 0. The normalized spacial score (nSPS) is 15.1. The van der Waals surface area contributed by atoms with E-state index in [-0.39, 0.29) is 17.0 Å². The van der Waals surface area contributed by atoms with E-state index in [4.69, 9.17) is 0 Å². The minimum atomic E-state index is -4.63. The molecule has 6 heteroatoms. The second kappa shape index (κ2) is 4.92. The molecule has 0 atom stereocenters. The van der Waals surface area contributed by atoms with Crippen molar-refractivity contribution < 1.29 is 27.5 Å². The number of halogens is 3. The van der Waals surface area contributed by atoms with Gasteiger partial charge in [0, 0.05) is 11.5 Å². The second-order valence-corrected chi connectivity index (χ2v) is 4.79. The Morgan fingerprint density at radius 2 is 1.85 bits per heavy atom. The number of alkyl halides is 3. The third-order valence-corrected chi connectivity index (χ3v) is 3.37. The Balaban J connectivity index is 2.63. The molecule has 0 radical (unpaired) electrons. The van der Waals surface area contributed by atoms with Crippen LogP contribution in [0.15, 0.2) is 12.1 Å². The molecule has 2 rings (SSSR count). The smallest absolute Gasteiger partial charge is 0.417 e. The molecule has 0 aliphatic heterocycles. The molecule has 0 N–H and O–H groups in total. The fourth-order valence-corrected chi connectivity index (χ4v) is 2.15. The molecule has 0 saturated heterocycles. The topological polar surface area (TPSA) is 43.4 Å². The van der Waals surface area contributed by atoms with Crippen molar-refractivity contribution in [1.29, 1.82) is 0 Å². The molecular formula is C14H13F3O3. The third-order valence-electron chi connectivity index (χ3n) is 3.37. The quantitative estimate of drug-likeness (QED) is 0.632. The first-order valence-electron chi connectivity index (χ1n) is 6.10. The van der Waals surface area contributed by atoms with Crippen molar-refractivity contribution >= 4 is 11.8 Å². The van der Waals surface area contributed by atoms with Crippen molar-refractivity contribution in [2.45, 2.75) is 25.9 Å². The van der Waals surface area contributed by atoms with E-state index >= 15 is 0 Å². The van der Waals surface area contributed by atoms with Crippen molar-refractivity contribution in [3.8, 4) is 0 Å². The summed E-state index contributed by atoms with van der Waals surface area (Å²) in [6.45, 7) is 1.34. The first-order valence-corrected chi connectivity index (χ1v) is 6.10. The predicted octanol–water partition coefficient (Wildman–Crippen LogP) is 3.39. The highest BCUT2D eigenvalue weighted by molar-refractivity contribution is 6.04. The van der Waals surface area contributed by atoms with Gasteiger partial charge in [0.15, 0.2) is 5.78 Å². The standard InChI is InChI=1S/C14H13F3O3/c1-7-9(13(19)20-2)5-6-10(14(15,16)17)11(7)12(18)8-3-4-8/h5-6,8H,3-4H2,1-2H3. The lowest BCUT2D eigenvalue weighted by molar-refractivity contribution is -0.138. The van der Waals surface area contributed by atoms with E-state index in [1.54, 1.807) is 0 Å². The molecule has 1 aliphatic carbocycles. The van der Waals surface area contributed by atoms with Crippen LogP contribution in [0.3, 0.4) is 0 Å². The Bertz CT molecular complexity index is 572. The number of hydrogen-bond donors (Lipinski definition) is 0. The maximum Gasteiger partial charge on any atom is 0.417 e. The third kappa shape index (κ3) is 2.55. The molecule has 0 unspecified atom stereocenters. The first kappa shape index (κ1) is 14.6. The van der Waals surface area contributed by atoms with Gasteiger partial charge < -0.3 is 4.74 Å². The number of Topliss-reactive ketones (excluding diaryl/α,β-unsaturated/α-hetero) is 1. The summed E-state index contributed by atoms with van der Waals surface area (Å²) < 4.78 is 43.6. The number of hydrogen-bond acceptors (Lipinski definition) is 3. The summed E-state index contributed by atoms with van der Waals surface area (Å²) in [4.78, 5) is 23.6. The number of carbonyl (C=O) groups excluding carboxylic acids is 2. The molecule has 1 fully saturated rings. The van der Waals surface area contributed by atoms with Crippen LogP contribution in [0.25, 0.3) is 0 Å². The van der Waals surface area contributed by atoms with Crippen LogP contribution in [0.4, 0.5) is 13.2 Å². The molecule has 108 valence electrons. The minimum absolute atomic E-state index is 0.00972. The van der Waals surface area contributed by atoms with Gasteiger partial charge in [0.1, 0.15) is 0 Å². The molecular weight excluding hydrogens is 273 g/mol. The Morgan fingerprint density at radius 3 is 2.30 bits per heavy atom. The molecule has 0 spiro atoms. The van der Waals surface area contributed by atoms with Gasteiger partial charge in [-0.05, 0) is 37.5 Å². The molecule has 1 aromatic rings. The van der Waals surface area contributed by atoms with Gasteiger partial charge in [0.2, 0.25) is 0 Å². The molecule has 1 saturated carbocycles. The number of ketones is 1. The lowest BCUT2D eigenvalue weighted by atomic mass is 9.92. The number of methoxy groups -OCH3 is 1. The maximum absolute atomic E-state index is 13.0. The summed E-state index contributed by atoms with van der Waals surface area (Å²) in [5.41, 5.74) is -1.37. The zero-order valence-electron chi connectivity index (χ0n) is 11.0. The Hall–Kier alpha value is -1.85. The van der Waals surface area contributed by atoms with E-state index < -0.39 is 29.1 Å². The lowest BCUT2D eigenvalue weighted by Gasteiger charge is -2.16. The monoisotopic (exact) mass is 286 g/mol. The van der Waals surface area contributed by atoms with E-state index in [2.05, 4.69) is 4.74 Å². The molecule has 0 heterocycles. The Kier molecular flexibility index (Phi) is 3.58.